The Morgan fingerprint density at radius 2 is 1.75 bits per heavy atom. The number of hydrogen-bond donors (Lipinski definition) is 1. The zero-order valence-electron chi connectivity index (χ0n) is 21.6. The molecule has 0 unspecified atom stereocenters. The third-order valence-electron chi connectivity index (χ3n) is 11.0. The van der Waals surface area contributed by atoms with Crippen molar-refractivity contribution in [3.63, 3.8) is 0 Å². The Labute approximate surface area is 197 Å². The molecule has 0 aromatic carbocycles. The number of esters is 1. The smallest absolute Gasteiger partial charge is 0.302 e. The van der Waals surface area contributed by atoms with Crippen LogP contribution < -0.4 is 0 Å². The molecule has 9 atom stereocenters. The molecule has 3 nitrogen and oxygen atoms in total. The predicted molar refractivity (Wildman–Crippen MR) is 130 cm³/mol. The minimum Gasteiger partial charge on any atom is -0.465 e. The average molecular weight is 447 g/mol. The lowest BCUT2D eigenvalue weighted by atomic mass is 9.44. The van der Waals surface area contributed by atoms with Crippen molar-refractivity contribution in [2.75, 3.05) is 6.61 Å². The number of ether oxygens (including phenoxy) is 1. The van der Waals surface area contributed by atoms with Gasteiger partial charge >= 0.3 is 5.97 Å². The number of aliphatic hydroxyl groups is 1. The largest absolute Gasteiger partial charge is 0.465 e. The van der Waals surface area contributed by atoms with Gasteiger partial charge in [0, 0.05) is 12.3 Å². The van der Waals surface area contributed by atoms with Crippen LogP contribution in [0.4, 0.5) is 0 Å². The van der Waals surface area contributed by atoms with Gasteiger partial charge in [0.25, 0.3) is 0 Å². The quantitative estimate of drug-likeness (QED) is 0.428. The van der Waals surface area contributed by atoms with Crippen molar-refractivity contribution in [2.24, 2.45) is 52.3 Å². The van der Waals surface area contributed by atoms with Crippen LogP contribution in [0.15, 0.2) is 0 Å². The summed E-state index contributed by atoms with van der Waals surface area (Å²) in [7, 11) is 0. The highest BCUT2D eigenvalue weighted by Gasteiger charge is 2.62. The maximum Gasteiger partial charge on any atom is 0.302 e. The molecule has 0 radical (unpaired) electrons. The maximum atomic E-state index is 11.8. The van der Waals surface area contributed by atoms with E-state index in [1.807, 2.05) is 0 Å². The summed E-state index contributed by atoms with van der Waals surface area (Å²) in [5.41, 5.74) is 0.510. The lowest BCUT2D eigenvalue weighted by Gasteiger charge is -2.61. The molecule has 0 heterocycles. The second-order valence-corrected chi connectivity index (χ2v) is 13.1. The molecule has 0 bridgehead atoms. The monoisotopic (exact) mass is 446 g/mol. The van der Waals surface area contributed by atoms with E-state index in [-0.39, 0.29) is 17.5 Å². The summed E-state index contributed by atoms with van der Waals surface area (Å²) in [6.45, 7) is 12.0. The molecule has 0 saturated heterocycles. The summed E-state index contributed by atoms with van der Waals surface area (Å²) >= 11 is 0. The number of carbonyl (C=O) groups excluding carboxylic acids is 1. The van der Waals surface area contributed by atoms with Crippen molar-refractivity contribution in [3.05, 3.63) is 0 Å². The van der Waals surface area contributed by atoms with E-state index in [1.165, 1.54) is 57.8 Å². The molecule has 0 aliphatic heterocycles. The summed E-state index contributed by atoms with van der Waals surface area (Å²) < 4.78 is 5.75. The van der Waals surface area contributed by atoms with Crippen molar-refractivity contribution in [3.8, 4) is 0 Å². The molecule has 0 aromatic rings. The molecule has 184 valence electrons. The first-order chi connectivity index (χ1) is 15.2. The third-order valence-corrected chi connectivity index (χ3v) is 11.0. The van der Waals surface area contributed by atoms with E-state index < -0.39 is 0 Å². The number of rotatable bonds is 7. The van der Waals surface area contributed by atoms with Crippen LogP contribution >= 0.6 is 0 Å². The van der Waals surface area contributed by atoms with Gasteiger partial charge in [-0.3, -0.25) is 4.79 Å². The van der Waals surface area contributed by atoms with Crippen molar-refractivity contribution in [1.82, 2.24) is 0 Å². The summed E-state index contributed by atoms with van der Waals surface area (Å²) in [6.07, 6.45) is 14.9. The van der Waals surface area contributed by atoms with Gasteiger partial charge in [0.2, 0.25) is 0 Å². The Bertz CT molecular complexity index is 659. The van der Waals surface area contributed by atoms with E-state index in [1.54, 1.807) is 6.92 Å². The molecule has 0 amide bonds. The van der Waals surface area contributed by atoms with Gasteiger partial charge in [0.15, 0.2) is 0 Å². The number of aliphatic hydroxyl groups excluding tert-OH is 1. The topological polar surface area (TPSA) is 46.5 Å². The number of carbonyl (C=O) groups is 1. The molecule has 4 aliphatic rings. The number of hydrogen-bond acceptors (Lipinski definition) is 3. The zero-order chi connectivity index (χ0) is 23.1. The standard InChI is InChI=1S/C29H50O3/c1-19(2)7-6-8-20(3)25-13-14-26-24-12-10-22-9-11-23(31)17-29(22,18-32-21(4)30)27(24)15-16-28(25,26)5/h19-20,22-27,31H,6-18H2,1-5H3/t20-,22-,23+,24+,25-,26+,27+,28-,29-/m1/s1. The van der Waals surface area contributed by atoms with Gasteiger partial charge < -0.3 is 9.84 Å². The predicted octanol–water partition coefficient (Wildman–Crippen LogP) is 7.01. The first-order valence-electron chi connectivity index (χ1n) is 14.0. The molecule has 0 spiro atoms. The molecule has 1 N–H and O–H groups in total. The summed E-state index contributed by atoms with van der Waals surface area (Å²) in [5.74, 6) is 5.22. The fourth-order valence-corrected chi connectivity index (χ4v) is 9.62. The third kappa shape index (κ3) is 4.41. The van der Waals surface area contributed by atoms with Crippen LogP contribution in [0.2, 0.25) is 0 Å². The van der Waals surface area contributed by atoms with Crippen LogP contribution in [0.3, 0.4) is 0 Å². The first kappa shape index (κ1) is 24.6. The maximum absolute atomic E-state index is 11.8. The second-order valence-electron chi connectivity index (χ2n) is 13.1. The molecule has 4 fully saturated rings. The lowest BCUT2D eigenvalue weighted by molar-refractivity contribution is -0.178. The summed E-state index contributed by atoms with van der Waals surface area (Å²) in [4.78, 5) is 11.8. The van der Waals surface area contributed by atoms with Crippen LogP contribution in [0.1, 0.15) is 112 Å². The molecule has 4 rings (SSSR count). The van der Waals surface area contributed by atoms with Gasteiger partial charge in [-0.25, -0.2) is 0 Å². The molecular weight excluding hydrogens is 396 g/mol. The van der Waals surface area contributed by atoms with Crippen molar-refractivity contribution in [2.45, 2.75) is 118 Å². The van der Waals surface area contributed by atoms with Gasteiger partial charge in [-0.1, -0.05) is 47.0 Å². The van der Waals surface area contributed by atoms with Crippen LogP contribution in [-0.2, 0) is 9.53 Å². The van der Waals surface area contributed by atoms with Gasteiger partial charge in [0.05, 0.1) is 12.7 Å². The average Bonchev–Trinajstić information content (AvgIpc) is 3.09. The van der Waals surface area contributed by atoms with E-state index in [2.05, 4.69) is 27.7 Å². The number of fused-ring (bicyclic) bond motifs is 5. The lowest BCUT2D eigenvalue weighted by Crippen LogP contribution is -2.57. The SMILES string of the molecule is CC(=O)OC[C@]12C[C@@H](O)CC[C@@H]1CC[C@H]1[C@@H]3CC[C@H]([C@H](C)CCCC(C)C)[C@@]3(C)CC[C@@H]12. The van der Waals surface area contributed by atoms with E-state index in [0.29, 0.717) is 23.9 Å². The fourth-order valence-electron chi connectivity index (χ4n) is 9.62. The molecule has 32 heavy (non-hydrogen) atoms. The minimum absolute atomic E-state index is 0.0224. The Morgan fingerprint density at radius 3 is 2.47 bits per heavy atom. The molecular formula is C29H50O3. The Morgan fingerprint density at radius 1 is 1.00 bits per heavy atom. The van der Waals surface area contributed by atoms with Gasteiger partial charge in [-0.2, -0.15) is 0 Å². The van der Waals surface area contributed by atoms with Crippen LogP contribution in [0, 0.1) is 52.3 Å². The Kier molecular flexibility index (Phi) is 7.36. The van der Waals surface area contributed by atoms with Crippen LogP contribution in [0.5, 0.6) is 0 Å². The molecule has 0 aromatic heterocycles. The van der Waals surface area contributed by atoms with Gasteiger partial charge in [0.1, 0.15) is 0 Å². The molecule has 3 heteroatoms. The molecule has 4 saturated carbocycles. The summed E-state index contributed by atoms with van der Waals surface area (Å²) in [6, 6.07) is 0. The van der Waals surface area contributed by atoms with E-state index in [9.17, 15) is 9.90 Å². The van der Waals surface area contributed by atoms with Crippen LogP contribution in [0.25, 0.3) is 0 Å². The normalized spacial score (nSPS) is 44.5. The van der Waals surface area contributed by atoms with Gasteiger partial charge in [-0.05, 0) is 105 Å². The first-order valence-corrected chi connectivity index (χ1v) is 14.0. The Balaban J connectivity index is 1.52. The van der Waals surface area contributed by atoms with Crippen molar-refractivity contribution < 1.29 is 14.6 Å². The van der Waals surface area contributed by atoms with Crippen molar-refractivity contribution >= 4 is 5.97 Å². The second kappa shape index (κ2) is 9.59. The zero-order valence-corrected chi connectivity index (χ0v) is 21.6. The van der Waals surface area contributed by atoms with E-state index >= 15 is 0 Å². The Hall–Kier alpha value is -0.570. The molecule has 4 aliphatic carbocycles. The minimum atomic E-state index is -0.217. The fraction of sp³-hybridized carbons (Fsp3) is 0.966. The van der Waals surface area contributed by atoms with Crippen molar-refractivity contribution in [1.29, 1.82) is 0 Å². The highest BCUT2D eigenvalue weighted by atomic mass is 16.5. The van der Waals surface area contributed by atoms with E-state index in [0.717, 1.165) is 48.9 Å². The van der Waals surface area contributed by atoms with Gasteiger partial charge in [-0.15, -0.1) is 0 Å². The highest BCUT2D eigenvalue weighted by molar-refractivity contribution is 5.65. The van der Waals surface area contributed by atoms with Crippen LogP contribution in [-0.4, -0.2) is 23.8 Å². The highest BCUT2D eigenvalue weighted by Crippen LogP contribution is 2.68. The summed E-state index contributed by atoms with van der Waals surface area (Å²) in [5, 5.41) is 10.7. The van der Waals surface area contributed by atoms with E-state index in [4.69, 9.17) is 4.74 Å².